The monoisotopic (exact) mass is 410 g/mol. The molecule has 2 aromatic heterocycles. The van der Waals surface area contributed by atoms with E-state index in [-0.39, 0.29) is 0 Å². The van der Waals surface area contributed by atoms with E-state index >= 15 is 0 Å². The zero-order chi connectivity index (χ0) is 19.5. The number of rotatable bonds is 6. The quantitative estimate of drug-likeness (QED) is 0.671. The van der Waals surface area contributed by atoms with Crippen LogP contribution in [-0.2, 0) is 9.47 Å². The molecule has 0 aliphatic carbocycles. The number of ether oxygens (including phenoxy) is 2. The van der Waals surface area contributed by atoms with Crippen LogP contribution < -0.4 is 5.32 Å². The summed E-state index contributed by atoms with van der Waals surface area (Å²) in [6.45, 7) is 6.13. The van der Waals surface area contributed by atoms with Crippen molar-refractivity contribution in [1.82, 2.24) is 14.9 Å². The lowest BCUT2D eigenvalue weighted by Crippen LogP contribution is -2.50. The lowest BCUT2D eigenvalue weighted by molar-refractivity contribution is 0.00460. The van der Waals surface area contributed by atoms with Crippen molar-refractivity contribution in [1.29, 1.82) is 0 Å². The van der Waals surface area contributed by atoms with E-state index in [2.05, 4.69) is 39.2 Å². The minimum Gasteiger partial charge on any atom is -0.381 e. The average molecular weight is 411 g/mol. The van der Waals surface area contributed by atoms with Crippen molar-refractivity contribution in [3.05, 3.63) is 41.1 Å². The van der Waals surface area contributed by atoms with E-state index in [9.17, 15) is 0 Å². The van der Waals surface area contributed by atoms with Crippen LogP contribution in [0.2, 0.25) is 0 Å². The maximum absolute atomic E-state index is 5.71. The van der Waals surface area contributed by atoms with Crippen LogP contribution in [0, 0.1) is 5.92 Å². The summed E-state index contributed by atoms with van der Waals surface area (Å²) >= 11 is 1.67. The summed E-state index contributed by atoms with van der Waals surface area (Å²) < 4.78 is 11.3. The highest BCUT2D eigenvalue weighted by atomic mass is 32.1. The molecular formula is C22H26N4O2S. The molecule has 2 saturated heterocycles. The first kappa shape index (κ1) is 18.9. The molecule has 0 radical (unpaired) electrons. The molecule has 0 bridgehead atoms. The molecule has 1 aromatic carbocycles. The summed E-state index contributed by atoms with van der Waals surface area (Å²) in [5, 5.41) is 8.91. The number of morpholine rings is 1. The number of nitrogens with one attached hydrogen (secondary N) is 1. The first-order valence-corrected chi connectivity index (χ1v) is 11.3. The molecule has 2 unspecified atom stereocenters. The molecule has 2 aliphatic rings. The second-order valence-electron chi connectivity index (χ2n) is 7.65. The smallest absolute Gasteiger partial charge is 0.162 e. The third-order valence-electron chi connectivity index (χ3n) is 5.89. The Morgan fingerprint density at radius 2 is 2.00 bits per heavy atom. The van der Waals surface area contributed by atoms with Crippen LogP contribution >= 0.6 is 11.3 Å². The zero-order valence-corrected chi connectivity index (χ0v) is 17.2. The SMILES string of the molecule is c1ccc2c(NCC(C3CCOC3)N3CCOCC3)nc(-c3ccsc3)nc2c1. The highest BCUT2D eigenvalue weighted by Crippen LogP contribution is 2.27. The number of benzene rings is 1. The van der Waals surface area contributed by atoms with Gasteiger partial charge in [-0.2, -0.15) is 11.3 Å². The van der Waals surface area contributed by atoms with E-state index < -0.39 is 0 Å². The Bertz CT molecular complexity index is 937. The van der Waals surface area contributed by atoms with Crippen molar-refractivity contribution in [3.8, 4) is 11.4 Å². The summed E-state index contributed by atoms with van der Waals surface area (Å²) in [5.41, 5.74) is 2.04. The second kappa shape index (κ2) is 8.75. The van der Waals surface area contributed by atoms with Crippen molar-refractivity contribution in [3.63, 3.8) is 0 Å². The van der Waals surface area contributed by atoms with Gasteiger partial charge in [0.15, 0.2) is 5.82 Å². The number of hydrogen-bond acceptors (Lipinski definition) is 7. The molecule has 7 heteroatoms. The molecule has 1 N–H and O–H groups in total. The van der Waals surface area contributed by atoms with E-state index in [0.717, 1.165) is 80.6 Å². The van der Waals surface area contributed by atoms with E-state index in [1.807, 2.05) is 12.1 Å². The van der Waals surface area contributed by atoms with Gasteiger partial charge in [-0.1, -0.05) is 12.1 Å². The molecular weight excluding hydrogens is 384 g/mol. The van der Waals surface area contributed by atoms with Gasteiger partial charge in [0.25, 0.3) is 0 Å². The summed E-state index contributed by atoms with van der Waals surface area (Å²) in [4.78, 5) is 12.2. The lowest BCUT2D eigenvalue weighted by atomic mass is 9.97. The number of nitrogens with zero attached hydrogens (tertiary/aromatic N) is 3. The summed E-state index contributed by atoms with van der Waals surface area (Å²) in [5.74, 6) is 2.23. The molecule has 152 valence electrons. The molecule has 2 aliphatic heterocycles. The number of hydrogen-bond donors (Lipinski definition) is 1. The van der Waals surface area contributed by atoms with Gasteiger partial charge in [0.1, 0.15) is 5.82 Å². The standard InChI is InChI=1S/C22H26N4O2S/c1-2-4-19-18(3-1)22(25-21(24-19)17-6-12-29-15-17)23-13-20(16-5-9-28-14-16)26-7-10-27-11-8-26/h1-4,6,12,15-16,20H,5,7-11,13-14H2,(H,23,24,25). The van der Waals surface area contributed by atoms with Gasteiger partial charge in [-0.25, -0.2) is 9.97 Å². The number of aromatic nitrogens is 2. The first-order valence-electron chi connectivity index (χ1n) is 10.3. The van der Waals surface area contributed by atoms with Crippen molar-refractivity contribution in [2.45, 2.75) is 12.5 Å². The summed E-state index contributed by atoms with van der Waals surface area (Å²) in [7, 11) is 0. The Morgan fingerprint density at radius 1 is 1.10 bits per heavy atom. The number of para-hydroxylation sites is 1. The van der Waals surface area contributed by atoms with Crippen LogP contribution in [0.5, 0.6) is 0 Å². The van der Waals surface area contributed by atoms with Gasteiger partial charge >= 0.3 is 0 Å². The molecule has 6 nitrogen and oxygen atoms in total. The predicted molar refractivity (Wildman–Crippen MR) is 116 cm³/mol. The first-order chi connectivity index (χ1) is 14.4. The second-order valence-corrected chi connectivity index (χ2v) is 8.43. The molecule has 0 amide bonds. The Balaban J connectivity index is 1.43. The van der Waals surface area contributed by atoms with Crippen LogP contribution in [0.25, 0.3) is 22.3 Å². The van der Waals surface area contributed by atoms with Crippen LogP contribution in [0.1, 0.15) is 6.42 Å². The van der Waals surface area contributed by atoms with E-state index in [0.29, 0.717) is 12.0 Å². The van der Waals surface area contributed by atoms with Gasteiger partial charge in [0.2, 0.25) is 0 Å². The zero-order valence-electron chi connectivity index (χ0n) is 16.4. The number of anilines is 1. The van der Waals surface area contributed by atoms with Crippen LogP contribution in [0.15, 0.2) is 41.1 Å². The van der Waals surface area contributed by atoms with Gasteiger partial charge in [-0.3, -0.25) is 4.90 Å². The Hall–Kier alpha value is -2.06. The minimum absolute atomic E-state index is 0.416. The van der Waals surface area contributed by atoms with Gasteiger partial charge in [-0.15, -0.1) is 0 Å². The Labute approximate surface area is 174 Å². The topological polar surface area (TPSA) is 59.5 Å². The fourth-order valence-electron chi connectivity index (χ4n) is 4.29. The summed E-state index contributed by atoms with van der Waals surface area (Å²) in [6.07, 6.45) is 1.12. The van der Waals surface area contributed by atoms with Crippen LogP contribution in [0.3, 0.4) is 0 Å². The van der Waals surface area contributed by atoms with Crippen molar-refractivity contribution >= 4 is 28.1 Å². The van der Waals surface area contributed by atoms with Crippen molar-refractivity contribution < 1.29 is 9.47 Å². The largest absolute Gasteiger partial charge is 0.381 e. The molecule has 5 rings (SSSR count). The van der Waals surface area contributed by atoms with E-state index in [1.54, 1.807) is 11.3 Å². The molecule has 2 atom stereocenters. The van der Waals surface area contributed by atoms with Gasteiger partial charge in [-0.05, 0) is 30.0 Å². The van der Waals surface area contributed by atoms with E-state index in [4.69, 9.17) is 19.4 Å². The molecule has 3 aromatic rings. The molecule has 0 saturated carbocycles. The van der Waals surface area contributed by atoms with Gasteiger partial charge in [0, 0.05) is 54.5 Å². The predicted octanol–water partition coefficient (Wildman–Crippen LogP) is 3.51. The number of fused-ring (bicyclic) bond motifs is 1. The highest BCUT2D eigenvalue weighted by molar-refractivity contribution is 7.08. The third kappa shape index (κ3) is 4.14. The van der Waals surface area contributed by atoms with Crippen molar-refractivity contribution in [2.24, 2.45) is 5.92 Å². The molecule has 2 fully saturated rings. The Kier molecular flexibility index (Phi) is 5.71. The molecule has 29 heavy (non-hydrogen) atoms. The van der Waals surface area contributed by atoms with Crippen molar-refractivity contribution in [2.75, 3.05) is 51.4 Å². The average Bonchev–Trinajstić information content (AvgIpc) is 3.49. The lowest BCUT2D eigenvalue weighted by Gasteiger charge is -2.37. The maximum atomic E-state index is 5.71. The van der Waals surface area contributed by atoms with E-state index in [1.165, 1.54) is 0 Å². The van der Waals surface area contributed by atoms with Gasteiger partial charge < -0.3 is 14.8 Å². The minimum atomic E-state index is 0.416. The molecule has 4 heterocycles. The Morgan fingerprint density at radius 3 is 2.79 bits per heavy atom. The number of thiophene rings is 1. The summed E-state index contributed by atoms with van der Waals surface area (Å²) in [6, 6.07) is 10.7. The fraction of sp³-hybridized carbons (Fsp3) is 0.455. The van der Waals surface area contributed by atoms with Crippen LogP contribution in [0.4, 0.5) is 5.82 Å². The fourth-order valence-corrected chi connectivity index (χ4v) is 4.93. The highest BCUT2D eigenvalue weighted by Gasteiger charge is 2.31. The van der Waals surface area contributed by atoms with Crippen LogP contribution in [-0.4, -0.2) is 67.0 Å². The maximum Gasteiger partial charge on any atom is 0.162 e. The third-order valence-corrected chi connectivity index (χ3v) is 6.57. The van der Waals surface area contributed by atoms with Gasteiger partial charge in [0.05, 0.1) is 25.3 Å². The molecule has 0 spiro atoms. The normalized spacial score (nSPS) is 21.4.